The number of nitrogens with zero attached hydrogens (tertiary/aromatic N) is 2. The van der Waals surface area contributed by atoms with Gasteiger partial charge >= 0.3 is 0 Å². The summed E-state index contributed by atoms with van der Waals surface area (Å²) in [4.78, 5) is 11.4. The van der Waals surface area contributed by atoms with Gasteiger partial charge in [0.25, 0.3) is 0 Å². The zero-order valence-corrected chi connectivity index (χ0v) is 10.1. The number of hydrogen-bond acceptors (Lipinski definition) is 2. The van der Waals surface area contributed by atoms with E-state index in [1.54, 1.807) is 29.1 Å². The van der Waals surface area contributed by atoms with Gasteiger partial charge in [0.1, 0.15) is 12.4 Å². The third kappa shape index (κ3) is 2.94. The first kappa shape index (κ1) is 12.3. The average molecular weight is 247 g/mol. The van der Waals surface area contributed by atoms with Gasteiger partial charge in [-0.3, -0.25) is 9.48 Å². The van der Waals surface area contributed by atoms with Crippen molar-refractivity contribution in [3.05, 3.63) is 42.3 Å². The molecule has 0 aliphatic rings. The van der Waals surface area contributed by atoms with Crippen molar-refractivity contribution < 1.29 is 9.18 Å². The zero-order chi connectivity index (χ0) is 13.0. The topological polar surface area (TPSA) is 46.9 Å². The van der Waals surface area contributed by atoms with E-state index in [1.807, 2.05) is 6.92 Å². The second-order valence-electron chi connectivity index (χ2n) is 3.86. The summed E-state index contributed by atoms with van der Waals surface area (Å²) in [5.74, 6) is -0.355. The molecule has 1 amide bonds. The molecule has 0 spiro atoms. The molecule has 0 aliphatic heterocycles. The minimum Gasteiger partial charge on any atom is -0.355 e. The molecule has 0 saturated heterocycles. The summed E-state index contributed by atoms with van der Waals surface area (Å²) in [6.45, 7) is 2.66. The molecule has 2 aromatic rings. The Balaban J connectivity index is 2.10. The Morgan fingerprint density at radius 3 is 2.72 bits per heavy atom. The number of likely N-dealkylation sites (N-methyl/N-ethyl adjacent to an activating group) is 1. The lowest BCUT2D eigenvalue weighted by molar-refractivity contribution is -0.121. The van der Waals surface area contributed by atoms with Crippen molar-refractivity contribution in [1.82, 2.24) is 15.1 Å². The predicted molar refractivity (Wildman–Crippen MR) is 66.3 cm³/mol. The highest BCUT2D eigenvalue weighted by atomic mass is 19.1. The van der Waals surface area contributed by atoms with Crippen LogP contribution in [0.1, 0.15) is 6.92 Å². The van der Waals surface area contributed by atoms with Gasteiger partial charge in [-0.1, -0.05) is 0 Å². The largest absolute Gasteiger partial charge is 0.355 e. The van der Waals surface area contributed by atoms with Crippen LogP contribution in [0.4, 0.5) is 4.39 Å². The van der Waals surface area contributed by atoms with Gasteiger partial charge in [0, 0.05) is 18.3 Å². The second kappa shape index (κ2) is 5.44. The standard InChI is InChI=1S/C13H14FN3O/c1-2-15-13(18)9-17-8-7-12(16-17)10-3-5-11(14)6-4-10/h3-8H,2,9H2,1H3,(H,15,18). The second-order valence-corrected chi connectivity index (χ2v) is 3.86. The first-order valence-corrected chi connectivity index (χ1v) is 5.75. The number of benzene rings is 1. The fourth-order valence-electron chi connectivity index (χ4n) is 1.62. The van der Waals surface area contributed by atoms with E-state index in [0.29, 0.717) is 6.54 Å². The molecule has 0 unspecified atom stereocenters. The van der Waals surface area contributed by atoms with Crippen molar-refractivity contribution in [3.8, 4) is 11.3 Å². The molecule has 2 rings (SSSR count). The van der Waals surface area contributed by atoms with Crippen LogP contribution in [-0.4, -0.2) is 22.2 Å². The predicted octanol–water partition coefficient (Wildman–Crippen LogP) is 1.83. The lowest BCUT2D eigenvalue weighted by Gasteiger charge is -2.02. The molecule has 1 N–H and O–H groups in total. The Morgan fingerprint density at radius 1 is 1.33 bits per heavy atom. The maximum absolute atomic E-state index is 12.8. The molecule has 1 heterocycles. The summed E-state index contributed by atoms with van der Waals surface area (Å²) in [6.07, 6.45) is 1.73. The normalized spacial score (nSPS) is 10.3. The first-order valence-electron chi connectivity index (χ1n) is 5.75. The molecule has 0 bridgehead atoms. The van der Waals surface area contributed by atoms with Crippen molar-refractivity contribution in [1.29, 1.82) is 0 Å². The molecule has 18 heavy (non-hydrogen) atoms. The van der Waals surface area contributed by atoms with Gasteiger partial charge in [0.15, 0.2) is 0 Å². The number of nitrogens with one attached hydrogen (secondary N) is 1. The first-order chi connectivity index (χ1) is 8.69. The van der Waals surface area contributed by atoms with E-state index in [0.717, 1.165) is 11.3 Å². The molecule has 1 aromatic heterocycles. The number of aromatic nitrogens is 2. The van der Waals surface area contributed by atoms with Crippen molar-refractivity contribution in [2.24, 2.45) is 0 Å². The number of rotatable bonds is 4. The van der Waals surface area contributed by atoms with E-state index in [-0.39, 0.29) is 18.3 Å². The smallest absolute Gasteiger partial charge is 0.241 e. The van der Waals surface area contributed by atoms with Crippen molar-refractivity contribution in [2.75, 3.05) is 6.54 Å². The highest BCUT2D eigenvalue weighted by molar-refractivity contribution is 5.75. The lowest BCUT2D eigenvalue weighted by atomic mass is 10.1. The molecule has 94 valence electrons. The minimum absolute atomic E-state index is 0.0775. The molecule has 0 saturated carbocycles. The Morgan fingerprint density at radius 2 is 2.06 bits per heavy atom. The van der Waals surface area contributed by atoms with Gasteiger partial charge in [0.2, 0.25) is 5.91 Å². The summed E-state index contributed by atoms with van der Waals surface area (Å²) >= 11 is 0. The summed E-state index contributed by atoms with van der Waals surface area (Å²) in [5.41, 5.74) is 1.55. The average Bonchev–Trinajstić information content (AvgIpc) is 2.78. The van der Waals surface area contributed by atoms with E-state index in [4.69, 9.17) is 0 Å². The van der Waals surface area contributed by atoms with Crippen LogP contribution in [-0.2, 0) is 11.3 Å². The van der Waals surface area contributed by atoms with E-state index in [1.165, 1.54) is 12.1 Å². The van der Waals surface area contributed by atoms with Crippen LogP contribution in [0.25, 0.3) is 11.3 Å². The van der Waals surface area contributed by atoms with Crippen LogP contribution in [0.5, 0.6) is 0 Å². The van der Waals surface area contributed by atoms with Crippen LogP contribution >= 0.6 is 0 Å². The quantitative estimate of drug-likeness (QED) is 0.896. The number of hydrogen-bond donors (Lipinski definition) is 1. The summed E-state index contributed by atoms with van der Waals surface area (Å²) < 4.78 is 14.3. The highest BCUT2D eigenvalue weighted by Crippen LogP contribution is 2.16. The summed E-state index contributed by atoms with van der Waals surface area (Å²) in [7, 11) is 0. The van der Waals surface area contributed by atoms with Gasteiger partial charge in [-0.25, -0.2) is 4.39 Å². The molecular weight excluding hydrogens is 233 g/mol. The number of halogens is 1. The van der Waals surface area contributed by atoms with Gasteiger partial charge < -0.3 is 5.32 Å². The summed E-state index contributed by atoms with van der Waals surface area (Å²) in [6, 6.07) is 7.89. The zero-order valence-electron chi connectivity index (χ0n) is 10.1. The Bertz CT molecular complexity index is 533. The van der Waals surface area contributed by atoms with Crippen molar-refractivity contribution >= 4 is 5.91 Å². The molecule has 5 heteroatoms. The van der Waals surface area contributed by atoms with Gasteiger partial charge in [-0.05, 0) is 37.3 Å². The Hall–Kier alpha value is -2.17. The van der Waals surface area contributed by atoms with E-state index in [2.05, 4.69) is 10.4 Å². The van der Waals surface area contributed by atoms with E-state index >= 15 is 0 Å². The third-order valence-corrected chi connectivity index (χ3v) is 2.46. The van der Waals surface area contributed by atoms with Crippen LogP contribution in [0, 0.1) is 5.82 Å². The highest BCUT2D eigenvalue weighted by Gasteiger charge is 2.05. The number of amides is 1. The van der Waals surface area contributed by atoms with Crippen LogP contribution in [0.3, 0.4) is 0 Å². The molecule has 4 nitrogen and oxygen atoms in total. The Kier molecular flexibility index (Phi) is 3.72. The molecule has 0 radical (unpaired) electrons. The SMILES string of the molecule is CCNC(=O)Cn1ccc(-c2ccc(F)cc2)n1. The molecular formula is C13H14FN3O. The monoisotopic (exact) mass is 247 g/mol. The van der Waals surface area contributed by atoms with E-state index in [9.17, 15) is 9.18 Å². The Labute approximate surface area is 104 Å². The number of carbonyl (C=O) groups is 1. The molecule has 0 aliphatic carbocycles. The molecule has 0 atom stereocenters. The van der Waals surface area contributed by atoms with Gasteiger partial charge in [-0.15, -0.1) is 0 Å². The van der Waals surface area contributed by atoms with Crippen molar-refractivity contribution in [2.45, 2.75) is 13.5 Å². The molecule has 1 aromatic carbocycles. The maximum Gasteiger partial charge on any atom is 0.241 e. The molecule has 0 fully saturated rings. The lowest BCUT2D eigenvalue weighted by Crippen LogP contribution is -2.27. The van der Waals surface area contributed by atoms with Gasteiger partial charge in [0.05, 0.1) is 5.69 Å². The van der Waals surface area contributed by atoms with Crippen LogP contribution in [0.2, 0.25) is 0 Å². The third-order valence-electron chi connectivity index (χ3n) is 2.46. The fraction of sp³-hybridized carbons (Fsp3) is 0.231. The fourth-order valence-corrected chi connectivity index (χ4v) is 1.62. The summed E-state index contributed by atoms with van der Waals surface area (Å²) in [5, 5.41) is 6.97. The van der Waals surface area contributed by atoms with Gasteiger partial charge in [-0.2, -0.15) is 5.10 Å². The van der Waals surface area contributed by atoms with Crippen molar-refractivity contribution in [3.63, 3.8) is 0 Å². The van der Waals surface area contributed by atoms with Crippen LogP contribution < -0.4 is 5.32 Å². The maximum atomic E-state index is 12.8. The van der Waals surface area contributed by atoms with Crippen LogP contribution in [0.15, 0.2) is 36.5 Å². The minimum atomic E-state index is -0.277. The van der Waals surface area contributed by atoms with E-state index < -0.39 is 0 Å². The number of carbonyl (C=O) groups excluding carboxylic acids is 1.